The van der Waals surface area contributed by atoms with Gasteiger partial charge in [-0.1, -0.05) is 6.07 Å². The fourth-order valence-electron chi connectivity index (χ4n) is 4.03. The molecule has 1 aromatic carbocycles. The lowest BCUT2D eigenvalue weighted by molar-refractivity contribution is -0.142. The molecule has 0 aliphatic carbocycles. The Hall–Kier alpha value is -2.10. The largest absolute Gasteiger partial charge is 0.378 e. The molecule has 2 heterocycles. The van der Waals surface area contributed by atoms with Crippen LogP contribution in [-0.4, -0.2) is 104 Å². The molecule has 0 N–H and O–H groups in total. The Labute approximate surface area is 182 Å². The lowest BCUT2D eigenvalue weighted by atomic mass is 10.1. The van der Waals surface area contributed by atoms with Gasteiger partial charge in [-0.05, 0) is 31.5 Å². The zero-order valence-corrected chi connectivity index (χ0v) is 18.5. The topological polar surface area (TPSA) is 56.3 Å². The number of ether oxygens (including phenoxy) is 1. The maximum atomic E-state index is 13.5. The summed E-state index contributed by atoms with van der Waals surface area (Å²) in [7, 11) is 1.67. The van der Waals surface area contributed by atoms with Gasteiger partial charge in [0.25, 0.3) is 0 Å². The molecule has 0 spiro atoms. The van der Waals surface area contributed by atoms with E-state index < -0.39 is 11.6 Å². The average Bonchev–Trinajstić information content (AvgIpc) is 2.80. The highest BCUT2D eigenvalue weighted by molar-refractivity contribution is 5.81. The fourth-order valence-corrected chi connectivity index (χ4v) is 4.03. The standard InChI is InChI=1S/C22H32F2N4O3/c1-16(18-4-5-19(23)20(24)14-18)25(3)21(29)15-26-6-8-27(9-7-26)17(2)22(30)28-10-12-31-13-11-28/h4-5,14,16-17H,6-13,15H2,1-3H3. The van der Waals surface area contributed by atoms with Gasteiger partial charge in [0.1, 0.15) is 0 Å². The number of benzene rings is 1. The number of hydrogen-bond acceptors (Lipinski definition) is 5. The minimum Gasteiger partial charge on any atom is -0.378 e. The van der Waals surface area contributed by atoms with Crippen LogP contribution in [0.1, 0.15) is 25.5 Å². The van der Waals surface area contributed by atoms with Crippen molar-refractivity contribution in [1.29, 1.82) is 0 Å². The average molecular weight is 439 g/mol. The highest BCUT2D eigenvalue weighted by Crippen LogP contribution is 2.21. The molecule has 2 fully saturated rings. The number of morpholine rings is 1. The molecule has 3 rings (SSSR count). The molecule has 2 unspecified atom stereocenters. The van der Waals surface area contributed by atoms with Gasteiger partial charge in [0, 0.05) is 46.3 Å². The molecule has 172 valence electrons. The summed E-state index contributed by atoms with van der Waals surface area (Å²) in [5.74, 6) is -1.76. The van der Waals surface area contributed by atoms with Crippen LogP contribution in [0.4, 0.5) is 8.78 Å². The van der Waals surface area contributed by atoms with Gasteiger partial charge >= 0.3 is 0 Å². The van der Waals surface area contributed by atoms with Crippen LogP contribution in [0.3, 0.4) is 0 Å². The van der Waals surface area contributed by atoms with E-state index in [1.807, 2.05) is 11.8 Å². The predicted octanol–water partition coefficient (Wildman–Crippen LogP) is 1.35. The first kappa shape index (κ1) is 23.6. The van der Waals surface area contributed by atoms with Crippen molar-refractivity contribution in [2.75, 3.05) is 66.1 Å². The Kier molecular flexibility index (Phi) is 7.96. The second-order valence-corrected chi connectivity index (χ2v) is 8.28. The van der Waals surface area contributed by atoms with E-state index in [1.54, 1.807) is 18.9 Å². The van der Waals surface area contributed by atoms with Crippen molar-refractivity contribution >= 4 is 11.8 Å². The number of likely N-dealkylation sites (N-methyl/N-ethyl adjacent to an activating group) is 1. The number of nitrogens with zero attached hydrogens (tertiary/aromatic N) is 4. The summed E-state index contributed by atoms with van der Waals surface area (Å²) in [4.78, 5) is 33.1. The van der Waals surface area contributed by atoms with Crippen molar-refractivity contribution in [3.63, 3.8) is 0 Å². The highest BCUT2D eigenvalue weighted by Gasteiger charge is 2.30. The molecule has 31 heavy (non-hydrogen) atoms. The third-order valence-corrected chi connectivity index (χ3v) is 6.39. The van der Waals surface area contributed by atoms with Gasteiger partial charge in [-0.25, -0.2) is 8.78 Å². The SMILES string of the molecule is CC(C(=O)N1CCOCC1)N1CCN(CC(=O)N(C)C(C)c2ccc(F)c(F)c2)CC1. The lowest BCUT2D eigenvalue weighted by Crippen LogP contribution is -2.56. The van der Waals surface area contributed by atoms with Crippen LogP contribution in [0.5, 0.6) is 0 Å². The summed E-state index contributed by atoms with van der Waals surface area (Å²) in [6.07, 6.45) is 0. The van der Waals surface area contributed by atoms with Crippen LogP contribution in [0.2, 0.25) is 0 Å². The number of carbonyl (C=O) groups excluding carboxylic acids is 2. The van der Waals surface area contributed by atoms with Crippen molar-refractivity contribution in [2.45, 2.75) is 25.9 Å². The molecule has 0 radical (unpaired) electrons. The summed E-state index contributed by atoms with van der Waals surface area (Å²) < 4.78 is 32.0. The monoisotopic (exact) mass is 438 g/mol. The van der Waals surface area contributed by atoms with E-state index in [2.05, 4.69) is 9.80 Å². The van der Waals surface area contributed by atoms with Crippen LogP contribution < -0.4 is 0 Å². The van der Waals surface area contributed by atoms with Gasteiger partial charge in [0.15, 0.2) is 11.6 Å². The Morgan fingerprint density at radius 1 is 1.03 bits per heavy atom. The molecule has 2 atom stereocenters. The van der Waals surface area contributed by atoms with Gasteiger partial charge in [0.2, 0.25) is 11.8 Å². The minimum atomic E-state index is -0.915. The third-order valence-electron chi connectivity index (χ3n) is 6.39. The number of rotatable bonds is 6. The summed E-state index contributed by atoms with van der Waals surface area (Å²) in [5.41, 5.74) is 0.551. The van der Waals surface area contributed by atoms with Crippen molar-refractivity contribution in [3.8, 4) is 0 Å². The van der Waals surface area contributed by atoms with Gasteiger partial charge in [-0.15, -0.1) is 0 Å². The summed E-state index contributed by atoms with van der Waals surface area (Å²) >= 11 is 0. The van der Waals surface area contributed by atoms with Gasteiger partial charge in [-0.2, -0.15) is 0 Å². The molecular weight excluding hydrogens is 406 g/mol. The molecule has 0 saturated carbocycles. The molecule has 2 aliphatic rings. The zero-order chi connectivity index (χ0) is 22.5. The Balaban J connectivity index is 1.47. The van der Waals surface area contributed by atoms with E-state index in [0.717, 1.165) is 12.1 Å². The van der Waals surface area contributed by atoms with E-state index in [-0.39, 0.29) is 30.4 Å². The maximum absolute atomic E-state index is 13.5. The van der Waals surface area contributed by atoms with E-state index in [9.17, 15) is 18.4 Å². The van der Waals surface area contributed by atoms with E-state index >= 15 is 0 Å². The molecule has 7 nitrogen and oxygen atoms in total. The quantitative estimate of drug-likeness (QED) is 0.671. The zero-order valence-electron chi connectivity index (χ0n) is 18.5. The van der Waals surface area contributed by atoms with Crippen LogP contribution in [0, 0.1) is 11.6 Å². The number of hydrogen-bond donors (Lipinski definition) is 0. The molecule has 2 aliphatic heterocycles. The Morgan fingerprint density at radius 2 is 1.68 bits per heavy atom. The van der Waals surface area contributed by atoms with Crippen molar-refractivity contribution < 1.29 is 23.1 Å². The summed E-state index contributed by atoms with van der Waals surface area (Å²) in [6.45, 7) is 9.26. The van der Waals surface area contributed by atoms with Crippen LogP contribution in [0.25, 0.3) is 0 Å². The Bertz CT molecular complexity index is 780. The minimum absolute atomic E-state index is 0.0804. The van der Waals surface area contributed by atoms with Gasteiger partial charge in [-0.3, -0.25) is 19.4 Å². The van der Waals surface area contributed by atoms with Crippen molar-refractivity contribution in [2.24, 2.45) is 0 Å². The Morgan fingerprint density at radius 3 is 2.29 bits per heavy atom. The molecule has 0 aromatic heterocycles. The molecule has 0 bridgehead atoms. The molecule has 1 aromatic rings. The number of piperazine rings is 1. The van der Waals surface area contributed by atoms with E-state index in [0.29, 0.717) is 58.0 Å². The first-order chi connectivity index (χ1) is 14.8. The summed E-state index contributed by atoms with van der Waals surface area (Å²) in [6, 6.07) is 3.16. The van der Waals surface area contributed by atoms with Crippen LogP contribution >= 0.6 is 0 Å². The van der Waals surface area contributed by atoms with Gasteiger partial charge in [0.05, 0.1) is 31.8 Å². The maximum Gasteiger partial charge on any atom is 0.239 e. The van der Waals surface area contributed by atoms with E-state index in [4.69, 9.17) is 4.74 Å². The molecule has 9 heteroatoms. The van der Waals surface area contributed by atoms with Crippen LogP contribution in [-0.2, 0) is 14.3 Å². The van der Waals surface area contributed by atoms with Gasteiger partial charge < -0.3 is 14.5 Å². The second kappa shape index (κ2) is 10.5. The highest BCUT2D eigenvalue weighted by atomic mass is 19.2. The molecule has 2 saturated heterocycles. The van der Waals surface area contributed by atoms with E-state index in [1.165, 1.54) is 6.07 Å². The van der Waals surface area contributed by atoms with Crippen molar-refractivity contribution in [3.05, 3.63) is 35.4 Å². The molecular formula is C22H32F2N4O3. The third kappa shape index (κ3) is 5.78. The van der Waals surface area contributed by atoms with Crippen LogP contribution in [0.15, 0.2) is 18.2 Å². The second-order valence-electron chi connectivity index (χ2n) is 8.28. The smallest absolute Gasteiger partial charge is 0.239 e. The summed E-state index contributed by atoms with van der Waals surface area (Å²) in [5, 5.41) is 0. The predicted molar refractivity (Wildman–Crippen MR) is 112 cm³/mol. The van der Waals surface area contributed by atoms with Crippen molar-refractivity contribution in [1.82, 2.24) is 19.6 Å². The number of carbonyl (C=O) groups is 2. The number of halogens is 2. The molecule has 2 amide bonds. The normalized spacial score (nSPS) is 20.4. The number of amides is 2. The first-order valence-electron chi connectivity index (χ1n) is 10.8. The lowest BCUT2D eigenvalue weighted by Gasteiger charge is -2.39. The first-order valence-corrected chi connectivity index (χ1v) is 10.8. The fraction of sp³-hybridized carbons (Fsp3) is 0.636.